The van der Waals surface area contributed by atoms with Gasteiger partial charge in [0.25, 0.3) is 0 Å². The SMILES string of the molecule is COc1cccc(OC)c1CC(=O)N1CCOCC1CC(=O)O. The first-order chi connectivity index (χ1) is 11.1. The Morgan fingerprint density at radius 1 is 1.30 bits per heavy atom. The highest BCUT2D eigenvalue weighted by Gasteiger charge is 2.30. The molecule has 1 fully saturated rings. The Labute approximate surface area is 134 Å². The first-order valence-electron chi connectivity index (χ1n) is 7.35. The molecule has 1 unspecified atom stereocenters. The van der Waals surface area contributed by atoms with E-state index < -0.39 is 12.0 Å². The summed E-state index contributed by atoms with van der Waals surface area (Å²) in [6, 6.07) is 4.86. The summed E-state index contributed by atoms with van der Waals surface area (Å²) in [4.78, 5) is 25.2. The second-order valence-corrected chi connectivity index (χ2v) is 5.23. The molecule has 1 N–H and O–H groups in total. The number of rotatable bonds is 6. The molecule has 1 aromatic carbocycles. The molecule has 1 aliphatic rings. The third-order valence-corrected chi connectivity index (χ3v) is 3.82. The van der Waals surface area contributed by atoms with Crippen LogP contribution < -0.4 is 9.47 Å². The summed E-state index contributed by atoms with van der Waals surface area (Å²) in [6.07, 6.45) is -0.0435. The van der Waals surface area contributed by atoms with E-state index in [9.17, 15) is 9.59 Å². The molecule has 0 spiro atoms. The zero-order valence-corrected chi connectivity index (χ0v) is 13.3. The Kier molecular flexibility index (Phi) is 5.81. The van der Waals surface area contributed by atoms with E-state index >= 15 is 0 Å². The van der Waals surface area contributed by atoms with Crippen LogP contribution in [0.1, 0.15) is 12.0 Å². The minimum Gasteiger partial charge on any atom is -0.496 e. The number of hydrogen-bond donors (Lipinski definition) is 1. The summed E-state index contributed by atoms with van der Waals surface area (Å²) in [5.41, 5.74) is 0.656. The largest absolute Gasteiger partial charge is 0.496 e. The Bertz CT molecular complexity index is 551. The normalized spacial score (nSPS) is 17.7. The Morgan fingerprint density at radius 3 is 2.52 bits per heavy atom. The van der Waals surface area contributed by atoms with Crippen LogP contribution in [0.2, 0.25) is 0 Å². The standard InChI is InChI=1S/C16H21NO6/c1-21-13-4-3-5-14(22-2)12(13)9-15(18)17-6-7-23-10-11(17)8-16(19)20/h3-5,11H,6-10H2,1-2H3,(H,19,20). The summed E-state index contributed by atoms with van der Waals surface area (Å²) in [5.74, 6) is 0.0250. The smallest absolute Gasteiger partial charge is 0.305 e. The van der Waals surface area contributed by atoms with Gasteiger partial charge in [-0.15, -0.1) is 0 Å². The maximum atomic E-state index is 12.7. The maximum absolute atomic E-state index is 12.7. The van der Waals surface area contributed by atoms with Gasteiger partial charge in [-0.25, -0.2) is 0 Å². The lowest BCUT2D eigenvalue weighted by Crippen LogP contribution is -2.50. The van der Waals surface area contributed by atoms with Crippen LogP contribution in [0.3, 0.4) is 0 Å². The molecule has 23 heavy (non-hydrogen) atoms. The minimum atomic E-state index is -0.951. The molecule has 1 amide bonds. The Balaban J connectivity index is 2.18. The van der Waals surface area contributed by atoms with Crippen LogP contribution in [0.5, 0.6) is 11.5 Å². The zero-order chi connectivity index (χ0) is 16.8. The van der Waals surface area contributed by atoms with Crippen molar-refractivity contribution in [3.8, 4) is 11.5 Å². The molecule has 0 aromatic heterocycles. The maximum Gasteiger partial charge on any atom is 0.305 e. The van der Waals surface area contributed by atoms with Crippen molar-refractivity contribution in [2.75, 3.05) is 34.0 Å². The summed E-state index contributed by atoms with van der Waals surface area (Å²) in [5, 5.41) is 8.99. The van der Waals surface area contributed by atoms with E-state index in [0.29, 0.717) is 30.2 Å². The molecule has 7 heteroatoms. The van der Waals surface area contributed by atoms with Gasteiger partial charge in [0.2, 0.25) is 5.91 Å². The van der Waals surface area contributed by atoms with Crippen molar-refractivity contribution in [1.29, 1.82) is 0 Å². The number of morpholine rings is 1. The summed E-state index contributed by atoms with van der Waals surface area (Å²) in [7, 11) is 3.06. The van der Waals surface area contributed by atoms with Gasteiger partial charge in [0, 0.05) is 12.1 Å². The molecule has 1 heterocycles. The highest BCUT2D eigenvalue weighted by Crippen LogP contribution is 2.29. The fraction of sp³-hybridized carbons (Fsp3) is 0.500. The number of benzene rings is 1. The van der Waals surface area contributed by atoms with Crippen LogP contribution in [0, 0.1) is 0 Å². The van der Waals surface area contributed by atoms with E-state index in [-0.39, 0.29) is 25.4 Å². The molecule has 0 radical (unpaired) electrons. The highest BCUT2D eigenvalue weighted by molar-refractivity contribution is 5.81. The van der Waals surface area contributed by atoms with Gasteiger partial charge in [0.1, 0.15) is 11.5 Å². The van der Waals surface area contributed by atoms with Crippen molar-refractivity contribution < 1.29 is 28.9 Å². The fourth-order valence-electron chi connectivity index (χ4n) is 2.71. The molecule has 0 aliphatic carbocycles. The topological polar surface area (TPSA) is 85.3 Å². The molecular formula is C16H21NO6. The van der Waals surface area contributed by atoms with E-state index in [1.165, 1.54) is 14.2 Å². The van der Waals surface area contributed by atoms with Crippen LogP contribution in [0.4, 0.5) is 0 Å². The van der Waals surface area contributed by atoms with E-state index in [0.717, 1.165) is 0 Å². The first-order valence-corrected chi connectivity index (χ1v) is 7.35. The van der Waals surface area contributed by atoms with Crippen molar-refractivity contribution >= 4 is 11.9 Å². The van der Waals surface area contributed by atoms with Gasteiger partial charge in [-0.05, 0) is 12.1 Å². The quantitative estimate of drug-likeness (QED) is 0.839. The third-order valence-electron chi connectivity index (χ3n) is 3.82. The molecule has 1 atom stereocenters. The van der Waals surface area contributed by atoms with E-state index in [4.69, 9.17) is 19.3 Å². The predicted octanol–water partition coefficient (Wildman–Crippen LogP) is 0.948. The zero-order valence-electron chi connectivity index (χ0n) is 13.3. The highest BCUT2D eigenvalue weighted by atomic mass is 16.5. The van der Waals surface area contributed by atoms with Crippen molar-refractivity contribution in [2.24, 2.45) is 0 Å². The second kappa shape index (κ2) is 7.82. The monoisotopic (exact) mass is 323 g/mol. The van der Waals surface area contributed by atoms with Gasteiger partial charge in [-0.2, -0.15) is 0 Å². The number of aliphatic carboxylic acids is 1. The van der Waals surface area contributed by atoms with Gasteiger partial charge >= 0.3 is 5.97 Å². The third kappa shape index (κ3) is 4.13. The van der Waals surface area contributed by atoms with E-state index in [1.807, 2.05) is 0 Å². The van der Waals surface area contributed by atoms with Gasteiger partial charge in [0.15, 0.2) is 0 Å². The number of amides is 1. The van der Waals surface area contributed by atoms with Gasteiger partial charge in [0.05, 0.1) is 46.3 Å². The first kappa shape index (κ1) is 17.1. The van der Waals surface area contributed by atoms with Crippen LogP contribution in [0.25, 0.3) is 0 Å². The minimum absolute atomic E-state index is 0.0866. The molecule has 7 nitrogen and oxygen atoms in total. The van der Waals surface area contributed by atoms with E-state index in [2.05, 4.69) is 0 Å². The summed E-state index contributed by atoms with van der Waals surface area (Å²) >= 11 is 0. The number of carbonyl (C=O) groups excluding carboxylic acids is 1. The Hall–Kier alpha value is -2.28. The average molecular weight is 323 g/mol. The lowest BCUT2D eigenvalue weighted by atomic mass is 10.1. The number of nitrogens with zero attached hydrogens (tertiary/aromatic N) is 1. The molecule has 0 bridgehead atoms. The number of carbonyl (C=O) groups is 2. The molecule has 126 valence electrons. The number of methoxy groups -OCH3 is 2. The molecule has 1 aromatic rings. The molecular weight excluding hydrogens is 302 g/mol. The van der Waals surface area contributed by atoms with Crippen LogP contribution in [-0.4, -0.2) is 61.9 Å². The van der Waals surface area contributed by atoms with Crippen molar-refractivity contribution in [3.63, 3.8) is 0 Å². The molecule has 1 saturated heterocycles. The van der Waals surface area contributed by atoms with E-state index in [1.54, 1.807) is 23.1 Å². The van der Waals surface area contributed by atoms with Crippen LogP contribution in [-0.2, 0) is 20.7 Å². The predicted molar refractivity (Wildman–Crippen MR) is 81.8 cm³/mol. The van der Waals surface area contributed by atoms with Crippen LogP contribution in [0.15, 0.2) is 18.2 Å². The fourth-order valence-corrected chi connectivity index (χ4v) is 2.71. The number of ether oxygens (including phenoxy) is 3. The second-order valence-electron chi connectivity index (χ2n) is 5.23. The summed E-state index contributed by atoms with van der Waals surface area (Å²) in [6.45, 7) is 1.03. The van der Waals surface area contributed by atoms with Crippen molar-refractivity contribution in [3.05, 3.63) is 23.8 Å². The van der Waals surface area contributed by atoms with Gasteiger partial charge < -0.3 is 24.2 Å². The van der Waals surface area contributed by atoms with Crippen LogP contribution >= 0.6 is 0 Å². The summed E-state index contributed by atoms with van der Waals surface area (Å²) < 4.78 is 15.9. The molecule has 2 rings (SSSR count). The number of carboxylic acid groups (broad SMARTS) is 1. The van der Waals surface area contributed by atoms with Crippen molar-refractivity contribution in [1.82, 2.24) is 4.90 Å². The van der Waals surface area contributed by atoms with Crippen molar-refractivity contribution in [2.45, 2.75) is 18.9 Å². The van der Waals surface area contributed by atoms with Gasteiger partial charge in [-0.3, -0.25) is 9.59 Å². The number of hydrogen-bond acceptors (Lipinski definition) is 5. The lowest BCUT2D eigenvalue weighted by molar-refractivity contribution is -0.145. The Morgan fingerprint density at radius 2 is 1.96 bits per heavy atom. The lowest BCUT2D eigenvalue weighted by Gasteiger charge is -2.35. The number of carboxylic acids is 1. The average Bonchev–Trinajstić information content (AvgIpc) is 2.54. The molecule has 1 aliphatic heterocycles. The van der Waals surface area contributed by atoms with Gasteiger partial charge in [-0.1, -0.05) is 6.07 Å². The molecule has 0 saturated carbocycles.